The third kappa shape index (κ3) is 5.35. The van der Waals surface area contributed by atoms with Crippen molar-refractivity contribution in [2.45, 2.75) is 90.0 Å². The molecule has 1 fully saturated rings. The highest BCUT2D eigenvalue weighted by atomic mass is 19.4. The van der Waals surface area contributed by atoms with Crippen LogP contribution in [0.5, 0.6) is 0 Å². The van der Waals surface area contributed by atoms with E-state index in [1.165, 1.54) is 0 Å². The number of carbonyl (C=O) groups excluding carboxylic acids is 2. The highest BCUT2D eigenvalue weighted by Gasteiger charge is 2.56. The second kappa shape index (κ2) is 10.5. The number of fused-ring (bicyclic) bond motifs is 3. The summed E-state index contributed by atoms with van der Waals surface area (Å²) in [5.74, 6) is 0.289. The lowest BCUT2D eigenvalue weighted by molar-refractivity contribution is -0.140. The van der Waals surface area contributed by atoms with Crippen molar-refractivity contribution < 1.29 is 27.5 Å². The Labute approximate surface area is 237 Å². The molecule has 1 atom stereocenters. The number of hydrogen-bond donors (Lipinski definition) is 0. The molecular weight excluding hydrogens is 531 g/mol. The number of ether oxygens (including phenoxy) is 1. The van der Waals surface area contributed by atoms with Crippen LogP contribution in [0, 0.1) is 5.41 Å². The number of carbonyl (C=O) groups is 2. The maximum Gasteiger partial charge on any atom is 0.410 e. The van der Waals surface area contributed by atoms with Crippen LogP contribution in [-0.4, -0.2) is 51.7 Å². The largest absolute Gasteiger partial charge is 0.447 e. The Morgan fingerprint density at radius 1 is 1.12 bits per heavy atom. The van der Waals surface area contributed by atoms with E-state index in [-0.39, 0.29) is 24.9 Å². The van der Waals surface area contributed by atoms with Crippen molar-refractivity contribution >= 4 is 22.6 Å². The summed E-state index contributed by atoms with van der Waals surface area (Å²) in [4.78, 5) is 33.5. The maximum atomic E-state index is 14.4. The van der Waals surface area contributed by atoms with E-state index < -0.39 is 30.0 Å². The van der Waals surface area contributed by atoms with Crippen LogP contribution in [-0.2, 0) is 41.8 Å². The highest BCUT2D eigenvalue weighted by Crippen LogP contribution is 2.47. The number of nitrogens with zero attached hydrogens (tertiary/aromatic N) is 3. The number of benzene rings is 2. The van der Waals surface area contributed by atoms with Crippen LogP contribution in [0.25, 0.3) is 10.8 Å². The van der Waals surface area contributed by atoms with Gasteiger partial charge in [0.05, 0.1) is 23.1 Å². The minimum Gasteiger partial charge on any atom is -0.447 e. The number of Topliss-reactive ketones (excluding diaryl/α,β-unsaturated/α-hetero) is 1. The van der Waals surface area contributed by atoms with Gasteiger partial charge in [-0.15, -0.1) is 0 Å². The number of halogens is 3. The summed E-state index contributed by atoms with van der Waals surface area (Å²) in [6.07, 6.45) is -1.25. The fraction of sp³-hybridized carbons (Fsp3) is 0.531. The minimum atomic E-state index is -4.21. The Kier molecular flexibility index (Phi) is 7.10. The molecule has 1 spiro atoms. The average molecular weight is 568 g/mol. The molecule has 1 saturated heterocycles. The summed E-state index contributed by atoms with van der Waals surface area (Å²) in [5, 5.41) is 2.14. The molecule has 0 bridgehead atoms. The van der Waals surface area contributed by atoms with E-state index in [9.17, 15) is 22.8 Å². The van der Waals surface area contributed by atoms with Crippen LogP contribution in [0.3, 0.4) is 0 Å². The van der Waals surface area contributed by atoms with E-state index in [2.05, 4.69) is 18.2 Å². The molecule has 3 aromatic rings. The molecule has 1 aromatic heterocycles. The van der Waals surface area contributed by atoms with E-state index in [0.717, 1.165) is 59.0 Å². The molecule has 1 unspecified atom stereocenters. The lowest BCUT2D eigenvalue weighted by atomic mass is 9.61. The Morgan fingerprint density at radius 3 is 2.54 bits per heavy atom. The second-order valence-corrected chi connectivity index (χ2v) is 12.3. The first-order valence-electron chi connectivity index (χ1n) is 14.7. The van der Waals surface area contributed by atoms with Crippen LogP contribution in [0.2, 0.25) is 0 Å². The van der Waals surface area contributed by atoms with Gasteiger partial charge in [-0.1, -0.05) is 36.4 Å². The van der Waals surface area contributed by atoms with Crippen LogP contribution >= 0.6 is 0 Å². The standard InChI is InChI=1S/C32H36F3N3O3/c1-20(2)41-30(40)37-18-31(19-37)17-23-14-21-8-3-4-9-22(21)15-24(23)25(29(31)39)16-28-36-26-10-5-6-11-27(26)38(28)13-7-12-32(33,34)35/h3-4,8-9,14-15,20,25H,5-7,10-13,16-19H2,1-2H3. The number of rotatable bonds is 6. The summed E-state index contributed by atoms with van der Waals surface area (Å²) in [7, 11) is 0. The van der Waals surface area contributed by atoms with Gasteiger partial charge < -0.3 is 14.2 Å². The molecule has 6 rings (SSSR count). The van der Waals surface area contributed by atoms with Crippen molar-refractivity contribution in [2.24, 2.45) is 5.41 Å². The van der Waals surface area contributed by atoms with Crippen LogP contribution in [0.15, 0.2) is 36.4 Å². The van der Waals surface area contributed by atoms with Gasteiger partial charge in [-0.2, -0.15) is 13.2 Å². The van der Waals surface area contributed by atoms with Gasteiger partial charge in [0.1, 0.15) is 5.82 Å². The number of imidazole rings is 1. The van der Waals surface area contributed by atoms with E-state index in [1.807, 2.05) is 22.8 Å². The van der Waals surface area contributed by atoms with Gasteiger partial charge in [-0.05, 0) is 74.3 Å². The quantitative estimate of drug-likeness (QED) is 0.339. The Balaban J connectivity index is 1.36. The minimum absolute atomic E-state index is 0.0179. The summed E-state index contributed by atoms with van der Waals surface area (Å²) in [6.45, 7) is 4.44. The molecular formula is C32H36F3N3O3. The summed E-state index contributed by atoms with van der Waals surface area (Å²) in [5.41, 5.74) is 3.33. The van der Waals surface area contributed by atoms with Crippen molar-refractivity contribution in [3.05, 3.63) is 64.7 Å². The zero-order valence-electron chi connectivity index (χ0n) is 23.6. The van der Waals surface area contributed by atoms with Gasteiger partial charge in [0.2, 0.25) is 0 Å². The lowest BCUT2D eigenvalue weighted by Crippen LogP contribution is -2.65. The molecule has 2 aromatic carbocycles. The smallest absolute Gasteiger partial charge is 0.410 e. The van der Waals surface area contributed by atoms with Crippen LogP contribution < -0.4 is 0 Å². The molecule has 0 radical (unpaired) electrons. The number of amides is 1. The summed E-state index contributed by atoms with van der Waals surface area (Å²) < 4.78 is 46.4. The lowest BCUT2D eigenvalue weighted by Gasteiger charge is -2.52. The third-order valence-corrected chi connectivity index (χ3v) is 8.87. The summed E-state index contributed by atoms with van der Waals surface area (Å²) >= 11 is 0. The molecule has 2 heterocycles. The predicted molar refractivity (Wildman–Crippen MR) is 149 cm³/mol. The van der Waals surface area contributed by atoms with Crippen molar-refractivity contribution in [3.8, 4) is 0 Å². The molecule has 0 saturated carbocycles. The zero-order chi connectivity index (χ0) is 28.9. The van der Waals surface area contributed by atoms with Gasteiger partial charge >= 0.3 is 12.3 Å². The number of aromatic nitrogens is 2. The van der Waals surface area contributed by atoms with Crippen LogP contribution in [0.4, 0.5) is 18.0 Å². The first-order valence-corrected chi connectivity index (χ1v) is 14.7. The summed E-state index contributed by atoms with van der Waals surface area (Å²) in [6, 6.07) is 12.3. The maximum absolute atomic E-state index is 14.4. The van der Waals surface area contributed by atoms with E-state index >= 15 is 0 Å². The molecule has 218 valence electrons. The van der Waals surface area contributed by atoms with Gasteiger partial charge in [-0.3, -0.25) is 4.79 Å². The van der Waals surface area contributed by atoms with E-state index in [0.29, 0.717) is 31.8 Å². The van der Waals surface area contributed by atoms with Crippen LogP contribution in [0.1, 0.15) is 73.8 Å². The normalized spacial score (nSPS) is 19.8. The highest BCUT2D eigenvalue weighted by molar-refractivity contribution is 5.98. The fourth-order valence-electron chi connectivity index (χ4n) is 7.00. The third-order valence-electron chi connectivity index (χ3n) is 8.87. The van der Waals surface area contributed by atoms with E-state index in [1.54, 1.807) is 18.7 Å². The average Bonchev–Trinajstić information content (AvgIpc) is 3.23. The molecule has 1 aliphatic heterocycles. The monoisotopic (exact) mass is 567 g/mol. The van der Waals surface area contributed by atoms with Crippen molar-refractivity contribution in [3.63, 3.8) is 0 Å². The molecule has 9 heteroatoms. The number of hydrogen-bond acceptors (Lipinski definition) is 4. The molecule has 2 aliphatic carbocycles. The topological polar surface area (TPSA) is 64.4 Å². The number of likely N-dealkylation sites (tertiary alicyclic amines) is 1. The molecule has 41 heavy (non-hydrogen) atoms. The van der Waals surface area contributed by atoms with Gasteiger partial charge in [0, 0.05) is 38.2 Å². The van der Waals surface area contributed by atoms with Crippen molar-refractivity contribution in [2.75, 3.05) is 13.1 Å². The Bertz CT molecular complexity index is 1490. The molecule has 1 amide bonds. The number of aryl methyl sites for hydroxylation is 1. The van der Waals surface area contributed by atoms with Gasteiger partial charge in [-0.25, -0.2) is 9.78 Å². The predicted octanol–water partition coefficient (Wildman–Crippen LogP) is 6.56. The van der Waals surface area contributed by atoms with Gasteiger partial charge in [0.15, 0.2) is 5.78 Å². The SMILES string of the molecule is CC(C)OC(=O)N1CC2(Cc3cc4ccccc4cc3C(Cc3nc4c(n3CCCC(F)(F)F)CCCC4)C2=O)C1. The Hall–Kier alpha value is -3.36. The fourth-order valence-corrected chi connectivity index (χ4v) is 7.00. The van der Waals surface area contributed by atoms with Crippen molar-refractivity contribution in [1.29, 1.82) is 0 Å². The van der Waals surface area contributed by atoms with E-state index in [4.69, 9.17) is 9.72 Å². The second-order valence-electron chi connectivity index (χ2n) is 12.3. The van der Waals surface area contributed by atoms with Gasteiger partial charge in [0.25, 0.3) is 0 Å². The number of alkyl halides is 3. The first-order chi connectivity index (χ1) is 19.5. The molecule has 0 N–H and O–H groups in total. The number of ketones is 1. The molecule has 3 aliphatic rings. The Morgan fingerprint density at radius 2 is 1.83 bits per heavy atom. The molecule has 6 nitrogen and oxygen atoms in total. The van der Waals surface area contributed by atoms with Crippen molar-refractivity contribution in [1.82, 2.24) is 14.5 Å². The first kappa shape index (κ1) is 27.8. The zero-order valence-corrected chi connectivity index (χ0v) is 23.6.